The third kappa shape index (κ3) is 2.78. The third-order valence-corrected chi connectivity index (χ3v) is 13.4. The summed E-state index contributed by atoms with van der Waals surface area (Å²) in [4.78, 5) is 27.0. The largest absolute Gasteiger partial charge is 0.393 e. The van der Waals surface area contributed by atoms with Crippen LogP contribution in [0.2, 0.25) is 0 Å². The van der Waals surface area contributed by atoms with E-state index in [0.29, 0.717) is 48.1 Å². The molecule has 0 aromatic carbocycles. The molecule has 5 saturated carbocycles. The van der Waals surface area contributed by atoms with Gasteiger partial charge < -0.3 is 5.11 Å². The predicted molar refractivity (Wildman–Crippen MR) is 132 cm³/mol. The van der Waals surface area contributed by atoms with E-state index in [2.05, 4.69) is 55.4 Å². The molecule has 3 heteroatoms. The molecule has 1 N–H and O–H groups in total. The van der Waals surface area contributed by atoms with Crippen molar-refractivity contribution >= 4 is 11.6 Å². The fraction of sp³-hybridized carbons (Fsp3) is 0.933. The molecule has 5 fully saturated rings. The van der Waals surface area contributed by atoms with Gasteiger partial charge in [-0.3, -0.25) is 9.59 Å². The van der Waals surface area contributed by atoms with Gasteiger partial charge in [-0.25, -0.2) is 0 Å². The summed E-state index contributed by atoms with van der Waals surface area (Å²) in [5.74, 6) is 1.41. The number of hydrogen-bond acceptors (Lipinski definition) is 3. The van der Waals surface area contributed by atoms with Gasteiger partial charge in [0.25, 0.3) is 0 Å². The summed E-state index contributed by atoms with van der Waals surface area (Å²) in [6.45, 7) is 18.6. The Morgan fingerprint density at radius 1 is 0.788 bits per heavy atom. The lowest BCUT2D eigenvalue weighted by atomic mass is 9.29. The highest BCUT2D eigenvalue weighted by Crippen LogP contribution is 2.77. The first-order valence-electron chi connectivity index (χ1n) is 13.8. The minimum absolute atomic E-state index is 0.00790. The Hall–Kier alpha value is -0.700. The summed E-state index contributed by atoms with van der Waals surface area (Å²) in [6.07, 6.45) is 8.23. The fourth-order valence-electron chi connectivity index (χ4n) is 11.1. The molecular formula is C30H48O3. The van der Waals surface area contributed by atoms with E-state index in [9.17, 15) is 14.7 Å². The number of carbonyl (C=O) groups is 2. The van der Waals surface area contributed by atoms with E-state index in [1.165, 1.54) is 19.3 Å². The van der Waals surface area contributed by atoms with E-state index in [4.69, 9.17) is 0 Å². The van der Waals surface area contributed by atoms with Crippen LogP contribution in [0.25, 0.3) is 0 Å². The van der Waals surface area contributed by atoms with E-state index in [1.54, 1.807) is 0 Å². The Bertz CT molecular complexity index is 891. The molecular weight excluding hydrogens is 408 g/mol. The molecule has 5 aliphatic rings. The van der Waals surface area contributed by atoms with Gasteiger partial charge in [0.05, 0.1) is 6.10 Å². The summed E-state index contributed by atoms with van der Waals surface area (Å²) >= 11 is 0. The van der Waals surface area contributed by atoms with E-state index in [0.717, 1.165) is 19.3 Å². The van der Waals surface area contributed by atoms with E-state index < -0.39 is 6.10 Å². The number of carbonyl (C=O) groups excluding carboxylic acids is 2. The summed E-state index contributed by atoms with van der Waals surface area (Å²) in [7, 11) is 0. The fourth-order valence-corrected chi connectivity index (χ4v) is 11.1. The van der Waals surface area contributed by atoms with Crippen LogP contribution in [0.4, 0.5) is 0 Å². The average Bonchev–Trinajstić information content (AvgIpc) is 2.69. The lowest BCUT2D eigenvalue weighted by molar-refractivity contribution is -0.281. The van der Waals surface area contributed by atoms with Crippen molar-refractivity contribution < 1.29 is 14.7 Å². The Morgan fingerprint density at radius 3 is 2.09 bits per heavy atom. The van der Waals surface area contributed by atoms with Gasteiger partial charge in [-0.05, 0) is 83.9 Å². The average molecular weight is 457 g/mol. The monoisotopic (exact) mass is 456 g/mol. The molecule has 0 aromatic heterocycles. The van der Waals surface area contributed by atoms with Gasteiger partial charge in [0.1, 0.15) is 11.6 Å². The highest BCUT2D eigenvalue weighted by atomic mass is 16.3. The number of aliphatic hydroxyl groups excluding tert-OH is 1. The summed E-state index contributed by atoms with van der Waals surface area (Å²) < 4.78 is 0. The van der Waals surface area contributed by atoms with Crippen LogP contribution in [-0.4, -0.2) is 22.8 Å². The number of rotatable bonds is 0. The molecule has 0 spiro atoms. The van der Waals surface area contributed by atoms with E-state index >= 15 is 0 Å². The first-order valence-corrected chi connectivity index (χ1v) is 13.8. The van der Waals surface area contributed by atoms with Crippen molar-refractivity contribution in [1.29, 1.82) is 0 Å². The predicted octanol–water partition coefficient (Wildman–Crippen LogP) is 6.61. The minimum atomic E-state index is -0.398. The molecule has 0 amide bonds. The molecule has 5 rings (SSSR count). The molecule has 3 nitrogen and oxygen atoms in total. The first-order chi connectivity index (χ1) is 15.1. The SMILES string of the molecule is C[C@H]1C(=O)CCC2[C@]3(C)C[C@H](O)[C@@]4(C)[C@@H]5CC(C)(C)CC[C@]5(C)CC[C@]4(C)C3C(=O)C[C@@]21C. The van der Waals surface area contributed by atoms with E-state index in [1.807, 2.05) is 0 Å². The van der Waals surface area contributed by atoms with Gasteiger partial charge in [0, 0.05) is 30.1 Å². The number of aliphatic hydroxyl groups is 1. The Kier molecular flexibility index (Phi) is 4.90. The second-order valence-corrected chi connectivity index (χ2v) is 15.4. The molecule has 186 valence electrons. The van der Waals surface area contributed by atoms with Gasteiger partial charge in [-0.15, -0.1) is 0 Å². The van der Waals surface area contributed by atoms with Gasteiger partial charge in [0.2, 0.25) is 0 Å². The summed E-state index contributed by atoms with van der Waals surface area (Å²) in [5, 5.41) is 12.2. The van der Waals surface area contributed by atoms with Gasteiger partial charge in [-0.2, -0.15) is 0 Å². The van der Waals surface area contributed by atoms with Crippen molar-refractivity contribution in [3.8, 4) is 0 Å². The maximum Gasteiger partial charge on any atom is 0.137 e. The maximum atomic E-state index is 14.2. The zero-order chi connectivity index (χ0) is 24.4. The molecule has 33 heavy (non-hydrogen) atoms. The number of Topliss-reactive ketones (excluding diaryl/α,β-unsaturated/α-hetero) is 2. The summed E-state index contributed by atoms with van der Waals surface area (Å²) in [5.41, 5.74) is -0.389. The Morgan fingerprint density at radius 2 is 1.42 bits per heavy atom. The van der Waals surface area contributed by atoms with Crippen molar-refractivity contribution in [2.24, 2.45) is 56.2 Å². The lowest BCUT2D eigenvalue weighted by Crippen LogP contribution is -2.73. The molecule has 2 unspecified atom stereocenters. The van der Waals surface area contributed by atoms with Crippen molar-refractivity contribution in [2.45, 2.75) is 119 Å². The highest BCUT2D eigenvalue weighted by molar-refractivity contribution is 5.88. The van der Waals surface area contributed by atoms with Crippen LogP contribution in [0.15, 0.2) is 0 Å². The van der Waals surface area contributed by atoms with Crippen LogP contribution in [-0.2, 0) is 9.59 Å². The molecule has 0 saturated heterocycles. The van der Waals surface area contributed by atoms with Crippen LogP contribution in [0.5, 0.6) is 0 Å². The molecule has 10 atom stereocenters. The van der Waals surface area contributed by atoms with Crippen molar-refractivity contribution in [1.82, 2.24) is 0 Å². The zero-order valence-corrected chi connectivity index (χ0v) is 22.5. The Balaban J connectivity index is 1.64. The number of ketones is 2. The van der Waals surface area contributed by atoms with Gasteiger partial charge in [0.15, 0.2) is 0 Å². The van der Waals surface area contributed by atoms with Crippen LogP contribution >= 0.6 is 0 Å². The van der Waals surface area contributed by atoms with Crippen LogP contribution in [0.3, 0.4) is 0 Å². The first kappa shape index (κ1) is 24.0. The van der Waals surface area contributed by atoms with Gasteiger partial charge >= 0.3 is 0 Å². The second-order valence-electron chi connectivity index (χ2n) is 15.4. The van der Waals surface area contributed by atoms with Crippen LogP contribution < -0.4 is 0 Å². The summed E-state index contributed by atoms with van der Waals surface area (Å²) in [6, 6.07) is 0. The molecule has 0 heterocycles. The standard InChI is InChI=1S/C30H48O3/c1-18-19(31)9-10-21-27(18,5)15-20(32)24-28(21,6)17-23(33)30(8)22-16-25(2,3)11-12-26(22,4)13-14-29(24,30)7/h18,21-24,33H,9-17H2,1-8H3/t18-,21?,22+,23-,24?,26+,27+,28-,29+,30+/m0/s1. The van der Waals surface area contributed by atoms with Crippen LogP contribution in [0, 0.1) is 56.2 Å². The zero-order valence-electron chi connectivity index (χ0n) is 22.5. The highest BCUT2D eigenvalue weighted by Gasteiger charge is 2.75. The van der Waals surface area contributed by atoms with Crippen molar-refractivity contribution in [3.05, 3.63) is 0 Å². The van der Waals surface area contributed by atoms with Crippen molar-refractivity contribution in [2.75, 3.05) is 0 Å². The lowest BCUT2D eigenvalue weighted by Gasteiger charge is -2.75. The third-order valence-electron chi connectivity index (χ3n) is 13.4. The van der Waals surface area contributed by atoms with Gasteiger partial charge in [-0.1, -0.05) is 55.4 Å². The normalized spacial score (nSPS) is 58.0. The van der Waals surface area contributed by atoms with E-state index in [-0.39, 0.29) is 38.9 Å². The number of fused-ring (bicyclic) bond motifs is 7. The molecule has 0 aliphatic heterocycles. The molecule has 0 radical (unpaired) electrons. The van der Waals surface area contributed by atoms with Crippen molar-refractivity contribution in [3.63, 3.8) is 0 Å². The molecule has 5 aliphatic carbocycles. The quantitative estimate of drug-likeness (QED) is 0.446. The van der Waals surface area contributed by atoms with Crippen LogP contribution in [0.1, 0.15) is 113 Å². The second kappa shape index (κ2) is 6.74. The number of hydrogen-bond donors (Lipinski definition) is 1. The molecule has 0 aromatic rings. The minimum Gasteiger partial charge on any atom is -0.393 e. The molecule has 0 bridgehead atoms. The maximum absolute atomic E-state index is 14.2. The Labute approximate surface area is 201 Å². The smallest absolute Gasteiger partial charge is 0.137 e. The topological polar surface area (TPSA) is 54.4 Å².